The highest BCUT2D eigenvalue weighted by atomic mass is 35.5. The maximum absolute atomic E-state index is 11.2. The summed E-state index contributed by atoms with van der Waals surface area (Å²) in [6.45, 7) is -0.140. The van der Waals surface area contributed by atoms with Crippen molar-refractivity contribution < 1.29 is 9.90 Å². The Hall–Kier alpha value is -0.930. The predicted molar refractivity (Wildman–Crippen MR) is 45.3 cm³/mol. The van der Waals surface area contributed by atoms with E-state index in [0.717, 1.165) is 0 Å². The average Bonchev–Trinajstić information content (AvgIpc) is 2.05. The zero-order valence-electron chi connectivity index (χ0n) is 6.33. The molecule has 0 bridgehead atoms. The maximum atomic E-state index is 11.2. The van der Waals surface area contributed by atoms with Gasteiger partial charge in [0.25, 0.3) is 0 Å². The van der Waals surface area contributed by atoms with Crippen LogP contribution in [0.1, 0.15) is 16.8 Å². The lowest BCUT2D eigenvalue weighted by Gasteiger charge is -1.97. The molecular formula is C8H8ClNO2. The predicted octanol–water partition coefficient (Wildman–Crippen LogP) is 1.30. The van der Waals surface area contributed by atoms with Crippen molar-refractivity contribution in [3.8, 4) is 0 Å². The first-order chi connectivity index (χ1) is 5.74. The highest BCUT2D eigenvalue weighted by molar-refractivity contribution is 6.29. The summed E-state index contributed by atoms with van der Waals surface area (Å²) in [6, 6.07) is 3.06. The molecule has 1 aromatic rings. The third-order valence-electron chi connectivity index (χ3n) is 1.39. The van der Waals surface area contributed by atoms with Crippen LogP contribution >= 0.6 is 11.6 Å². The lowest BCUT2D eigenvalue weighted by atomic mass is 10.1. The van der Waals surface area contributed by atoms with Gasteiger partial charge in [-0.1, -0.05) is 11.6 Å². The van der Waals surface area contributed by atoms with Crippen LogP contribution in [0.15, 0.2) is 18.3 Å². The van der Waals surface area contributed by atoms with Gasteiger partial charge in [0.1, 0.15) is 5.15 Å². The second kappa shape index (κ2) is 4.18. The SMILES string of the molecule is O=C(CCO)c1ccnc(Cl)c1. The van der Waals surface area contributed by atoms with E-state index < -0.39 is 0 Å². The Morgan fingerprint density at radius 2 is 2.42 bits per heavy atom. The van der Waals surface area contributed by atoms with Crippen molar-refractivity contribution in [2.75, 3.05) is 6.61 Å². The zero-order chi connectivity index (χ0) is 8.97. The lowest BCUT2D eigenvalue weighted by Crippen LogP contribution is -2.01. The Kier molecular flexibility index (Phi) is 3.19. The summed E-state index contributed by atoms with van der Waals surface area (Å²) < 4.78 is 0. The number of rotatable bonds is 3. The fourth-order valence-electron chi connectivity index (χ4n) is 0.822. The number of Topliss-reactive ketones (excluding diaryl/α,β-unsaturated/α-hetero) is 1. The van der Waals surface area contributed by atoms with Gasteiger partial charge in [0.05, 0.1) is 6.61 Å². The van der Waals surface area contributed by atoms with Crippen molar-refractivity contribution in [1.29, 1.82) is 0 Å². The third kappa shape index (κ3) is 2.29. The molecule has 1 aromatic heterocycles. The van der Waals surface area contributed by atoms with Crippen LogP contribution < -0.4 is 0 Å². The van der Waals surface area contributed by atoms with Gasteiger partial charge in [0.2, 0.25) is 0 Å². The molecule has 1 N–H and O–H groups in total. The number of aliphatic hydroxyl groups is 1. The largest absolute Gasteiger partial charge is 0.396 e. The number of carbonyl (C=O) groups is 1. The molecule has 0 amide bonds. The molecule has 1 rings (SSSR count). The van der Waals surface area contributed by atoms with Gasteiger partial charge in [0, 0.05) is 18.2 Å². The minimum atomic E-state index is -0.140. The van der Waals surface area contributed by atoms with Crippen LogP contribution in [-0.2, 0) is 0 Å². The van der Waals surface area contributed by atoms with E-state index in [1.54, 1.807) is 6.07 Å². The first-order valence-corrected chi connectivity index (χ1v) is 3.87. The van der Waals surface area contributed by atoms with Gasteiger partial charge in [-0.3, -0.25) is 4.79 Å². The molecule has 4 heteroatoms. The van der Waals surface area contributed by atoms with Gasteiger partial charge in [-0.05, 0) is 12.1 Å². The first kappa shape index (κ1) is 9.16. The summed E-state index contributed by atoms with van der Waals surface area (Å²) in [5.74, 6) is -0.123. The molecule has 0 aromatic carbocycles. The van der Waals surface area contributed by atoms with Gasteiger partial charge in [-0.2, -0.15) is 0 Å². The van der Waals surface area contributed by atoms with E-state index in [4.69, 9.17) is 16.7 Å². The molecule has 3 nitrogen and oxygen atoms in total. The van der Waals surface area contributed by atoms with Crippen LogP contribution in [0.5, 0.6) is 0 Å². The van der Waals surface area contributed by atoms with Gasteiger partial charge in [-0.25, -0.2) is 4.98 Å². The fourth-order valence-corrected chi connectivity index (χ4v) is 0.996. The van der Waals surface area contributed by atoms with Crippen LogP contribution in [0.2, 0.25) is 5.15 Å². The molecule has 1 heterocycles. The number of pyridine rings is 1. The second-order valence-electron chi connectivity index (χ2n) is 2.26. The highest BCUT2D eigenvalue weighted by Crippen LogP contribution is 2.08. The number of ketones is 1. The first-order valence-electron chi connectivity index (χ1n) is 3.49. The van der Waals surface area contributed by atoms with Crippen LogP contribution in [0.4, 0.5) is 0 Å². The molecule has 0 radical (unpaired) electrons. The number of aliphatic hydroxyl groups excluding tert-OH is 1. The monoisotopic (exact) mass is 185 g/mol. The van der Waals surface area contributed by atoms with E-state index in [-0.39, 0.29) is 18.8 Å². The highest BCUT2D eigenvalue weighted by Gasteiger charge is 2.04. The van der Waals surface area contributed by atoms with Crippen molar-refractivity contribution in [2.45, 2.75) is 6.42 Å². The van der Waals surface area contributed by atoms with E-state index in [9.17, 15) is 4.79 Å². The van der Waals surface area contributed by atoms with Crippen molar-refractivity contribution in [2.24, 2.45) is 0 Å². The summed E-state index contributed by atoms with van der Waals surface area (Å²) in [4.78, 5) is 14.9. The molecular weight excluding hydrogens is 178 g/mol. The minimum absolute atomic E-state index is 0.123. The summed E-state index contributed by atoms with van der Waals surface area (Å²) >= 11 is 5.56. The lowest BCUT2D eigenvalue weighted by molar-refractivity contribution is 0.0956. The molecule has 0 atom stereocenters. The standard InChI is InChI=1S/C8H8ClNO2/c9-8-5-6(1-3-10-8)7(12)2-4-11/h1,3,5,11H,2,4H2. The van der Waals surface area contributed by atoms with Crippen LogP contribution in [0, 0.1) is 0 Å². The molecule has 0 fully saturated rings. The van der Waals surface area contributed by atoms with Gasteiger partial charge < -0.3 is 5.11 Å². The van der Waals surface area contributed by atoms with Crippen molar-refractivity contribution in [3.63, 3.8) is 0 Å². The van der Waals surface area contributed by atoms with E-state index in [0.29, 0.717) is 10.7 Å². The molecule has 12 heavy (non-hydrogen) atoms. The molecule has 0 unspecified atom stereocenters. The maximum Gasteiger partial charge on any atom is 0.165 e. The number of hydrogen-bond acceptors (Lipinski definition) is 3. The summed E-state index contributed by atoms with van der Waals surface area (Å²) in [5, 5.41) is 8.79. The van der Waals surface area contributed by atoms with E-state index in [1.807, 2.05) is 0 Å². The molecule has 0 aliphatic rings. The molecule has 0 saturated heterocycles. The topological polar surface area (TPSA) is 50.2 Å². The number of halogens is 1. The second-order valence-corrected chi connectivity index (χ2v) is 2.65. The van der Waals surface area contributed by atoms with Crippen LogP contribution in [0.3, 0.4) is 0 Å². The van der Waals surface area contributed by atoms with Crippen LogP contribution in [0.25, 0.3) is 0 Å². The van der Waals surface area contributed by atoms with Gasteiger partial charge in [-0.15, -0.1) is 0 Å². The summed E-state index contributed by atoms with van der Waals surface area (Å²) in [7, 11) is 0. The van der Waals surface area contributed by atoms with E-state index >= 15 is 0 Å². The van der Waals surface area contributed by atoms with Gasteiger partial charge in [0.15, 0.2) is 5.78 Å². The Bertz CT molecular complexity index is 288. The van der Waals surface area contributed by atoms with Crippen molar-refractivity contribution >= 4 is 17.4 Å². The summed E-state index contributed by atoms with van der Waals surface area (Å²) in [6.07, 6.45) is 1.59. The number of carbonyl (C=O) groups excluding carboxylic acids is 1. The van der Waals surface area contributed by atoms with Crippen LogP contribution in [-0.4, -0.2) is 22.5 Å². The molecule has 0 spiro atoms. The Morgan fingerprint density at radius 3 is 3.00 bits per heavy atom. The molecule has 64 valence electrons. The smallest absolute Gasteiger partial charge is 0.165 e. The van der Waals surface area contributed by atoms with Crippen molar-refractivity contribution in [3.05, 3.63) is 29.0 Å². The quantitative estimate of drug-likeness (QED) is 0.571. The summed E-state index contributed by atoms with van der Waals surface area (Å²) in [5.41, 5.74) is 0.490. The Morgan fingerprint density at radius 1 is 1.67 bits per heavy atom. The normalized spacial score (nSPS) is 9.83. The minimum Gasteiger partial charge on any atom is -0.396 e. The average molecular weight is 186 g/mol. The molecule has 0 saturated carbocycles. The van der Waals surface area contributed by atoms with Crippen molar-refractivity contribution in [1.82, 2.24) is 4.98 Å². The molecule has 0 aliphatic carbocycles. The Labute approximate surface area is 75.0 Å². The van der Waals surface area contributed by atoms with E-state index in [1.165, 1.54) is 12.3 Å². The van der Waals surface area contributed by atoms with E-state index in [2.05, 4.69) is 4.98 Å². The molecule has 0 aliphatic heterocycles. The van der Waals surface area contributed by atoms with Gasteiger partial charge >= 0.3 is 0 Å². The number of aromatic nitrogens is 1. The number of nitrogens with zero attached hydrogens (tertiary/aromatic N) is 1. The third-order valence-corrected chi connectivity index (χ3v) is 1.59. The Balaban J connectivity index is 2.81. The zero-order valence-corrected chi connectivity index (χ0v) is 7.08. The number of hydrogen-bond donors (Lipinski definition) is 1. The fraction of sp³-hybridized carbons (Fsp3) is 0.250.